The Hall–Kier alpha value is -2.24. The van der Waals surface area contributed by atoms with E-state index in [2.05, 4.69) is 5.32 Å². The van der Waals surface area contributed by atoms with Crippen LogP contribution in [0.5, 0.6) is 5.75 Å². The Morgan fingerprint density at radius 1 is 1.19 bits per heavy atom. The topological polar surface area (TPSA) is 78.9 Å². The van der Waals surface area contributed by atoms with Gasteiger partial charge in [-0.2, -0.15) is 0 Å². The number of amides is 2. The van der Waals surface area contributed by atoms with Crippen LogP contribution >= 0.6 is 0 Å². The summed E-state index contributed by atoms with van der Waals surface area (Å²) in [5, 5.41) is 11.8. The summed E-state index contributed by atoms with van der Waals surface area (Å²) in [5.41, 5.74) is 0.494. The number of hydrogen-bond donors (Lipinski definition) is 2. The Morgan fingerprint density at radius 2 is 1.86 bits per heavy atom. The minimum Gasteiger partial charge on any atom is -0.495 e. The number of carbonyl (C=O) groups is 2. The molecule has 2 amide bonds. The summed E-state index contributed by atoms with van der Waals surface area (Å²) in [4.78, 5) is 25.1. The molecule has 1 aromatic rings. The first-order valence-corrected chi connectivity index (χ1v) is 7.09. The molecule has 0 atom stereocenters. The average Bonchev–Trinajstić information content (AvgIpc) is 2.76. The molecule has 0 saturated carbocycles. The molecule has 0 bridgehead atoms. The Bertz CT molecular complexity index is 522. The lowest BCUT2D eigenvalue weighted by Crippen LogP contribution is -2.35. The molecular formula is C15H20N2O4. The largest absolute Gasteiger partial charge is 0.495 e. The molecule has 0 aliphatic carbocycles. The molecule has 2 rings (SSSR count). The zero-order valence-corrected chi connectivity index (χ0v) is 12.1. The lowest BCUT2D eigenvalue weighted by Gasteiger charge is -2.21. The van der Waals surface area contributed by atoms with Gasteiger partial charge in [-0.3, -0.25) is 0 Å². The lowest BCUT2D eigenvalue weighted by atomic mass is 10.2. The summed E-state index contributed by atoms with van der Waals surface area (Å²) < 4.78 is 5.17. The van der Waals surface area contributed by atoms with Crippen molar-refractivity contribution in [2.75, 3.05) is 25.5 Å². The van der Waals surface area contributed by atoms with Crippen molar-refractivity contribution in [3.8, 4) is 5.75 Å². The molecule has 1 aliphatic heterocycles. The Balaban J connectivity index is 2.14. The first-order chi connectivity index (χ1) is 10.1. The first kappa shape index (κ1) is 15.2. The molecule has 1 aliphatic rings. The third-order valence-electron chi connectivity index (χ3n) is 3.58. The third-order valence-corrected chi connectivity index (χ3v) is 3.58. The molecule has 0 spiro atoms. The third kappa shape index (κ3) is 3.87. The van der Waals surface area contributed by atoms with E-state index in [1.807, 2.05) is 0 Å². The van der Waals surface area contributed by atoms with Gasteiger partial charge in [0.1, 0.15) is 5.75 Å². The highest BCUT2D eigenvalue weighted by atomic mass is 16.5. The Labute approximate surface area is 123 Å². The fourth-order valence-corrected chi connectivity index (χ4v) is 2.41. The molecule has 6 heteroatoms. The van der Waals surface area contributed by atoms with Crippen LogP contribution in [-0.2, 0) is 0 Å². The number of benzene rings is 1. The number of carboxylic acid groups (broad SMARTS) is 1. The molecular weight excluding hydrogens is 272 g/mol. The van der Waals surface area contributed by atoms with Crippen LogP contribution in [0.1, 0.15) is 36.0 Å². The number of rotatable bonds is 3. The van der Waals surface area contributed by atoms with Crippen molar-refractivity contribution >= 4 is 17.7 Å². The van der Waals surface area contributed by atoms with Gasteiger partial charge in [0, 0.05) is 13.1 Å². The molecule has 2 N–H and O–H groups in total. The number of nitrogens with one attached hydrogen (secondary N) is 1. The predicted octanol–water partition coefficient (Wildman–Crippen LogP) is 2.80. The molecule has 0 unspecified atom stereocenters. The Kier molecular flexibility index (Phi) is 5.03. The van der Waals surface area contributed by atoms with Crippen LogP contribution in [0.3, 0.4) is 0 Å². The van der Waals surface area contributed by atoms with E-state index in [1.165, 1.54) is 19.2 Å². The second-order valence-electron chi connectivity index (χ2n) is 5.05. The maximum atomic E-state index is 12.3. The SMILES string of the molecule is COc1ccc(C(=O)O)cc1NC(=O)N1CCCCCC1. The molecule has 1 fully saturated rings. The predicted molar refractivity (Wildman–Crippen MR) is 79.0 cm³/mol. The number of urea groups is 1. The van der Waals surface area contributed by atoms with E-state index in [4.69, 9.17) is 9.84 Å². The second-order valence-corrected chi connectivity index (χ2v) is 5.05. The van der Waals surface area contributed by atoms with E-state index in [0.29, 0.717) is 11.4 Å². The van der Waals surface area contributed by atoms with Gasteiger partial charge in [-0.15, -0.1) is 0 Å². The summed E-state index contributed by atoms with van der Waals surface area (Å²) in [6.07, 6.45) is 4.28. The molecule has 1 aromatic carbocycles. The quantitative estimate of drug-likeness (QED) is 0.898. The zero-order valence-electron chi connectivity index (χ0n) is 12.1. The van der Waals surface area contributed by atoms with Gasteiger partial charge < -0.3 is 20.1 Å². The number of aromatic carboxylic acids is 1. The van der Waals surface area contributed by atoms with Gasteiger partial charge in [0.15, 0.2) is 0 Å². The summed E-state index contributed by atoms with van der Waals surface area (Å²) >= 11 is 0. The van der Waals surface area contributed by atoms with Crippen molar-refractivity contribution in [3.05, 3.63) is 23.8 Å². The highest BCUT2D eigenvalue weighted by Gasteiger charge is 2.18. The fraction of sp³-hybridized carbons (Fsp3) is 0.467. The van der Waals surface area contributed by atoms with Gasteiger partial charge in [0.2, 0.25) is 0 Å². The number of carboxylic acids is 1. The number of anilines is 1. The standard InChI is InChI=1S/C15H20N2O4/c1-21-13-7-6-11(14(18)19)10-12(13)16-15(20)17-8-4-2-3-5-9-17/h6-7,10H,2-5,8-9H2,1H3,(H,16,20)(H,18,19). The summed E-state index contributed by atoms with van der Waals surface area (Å²) in [7, 11) is 1.48. The minimum absolute atomic E-state index is 0.113. The summed E-state index contributed by atoms with van der Waals surface area (Å²) in [5.74, 6) is -0.592. The van der Waals surface area contributed by atoms with Crippen LogP contribution in [0, 0.1) is 0 Å². The minimum atomic E-state index is -1.04. The van der Waals surface area contributed by atoms with Crippen LogP contribution < -0.4 is 10.1 Å². The van der Waals surface area contributed by atoms with Crippen LogP contribution in [0.4, 0.5) is 10.5 Å². The van der Waals surface area contributed by atoms with Crippen LogP contribution in [0.25, 0.3) is 0 Å². The molecule has 0 radical (unpaired) electrons. The van der Waals surface area contributed by atoms with Crippen LogP contribution in [0.2, 0.25) is 0 Å². The van der Waals surface area contributed by atoms with Crippen LogP contribution in [-0.4, -0.2) is 42.2 Å². The Morgan fingerprint density at radius 3 is 2.43 bits per heavy atom. The van der Waals surface area contributed by atoms with Crippen molar-refractivity contribution in [1.82, 2.24) is 4.90 Å². The van der Waals surface area contributed by atoms with E-state index < -0.39 is 5.97 Å². The van der Waals surface area contributed by atoms with Crippen molar-refractivity contribution in [2.45, 2.75) is 25.7 Å². The number of likely N-dealkylation sites (tertiary alicyclic amines) is 1. The first-order valence-electron chi connectivity index (χ1n) is 7.09. The molecule has 114 valence electrons. The highest BCUT2D eigenvalue weighted by Crippen LogP contribution is 2.26. The normalized spacial score (nSPS) is 15.2. The highest BCUT2D eigenvalue weighted by molar-refractivity contribution is 5.94. The zero-order chi connectivity index (χ0) is 15.2. The summed E-state index contributed by atoms with van der Waals surface area (Å²) in [6.45, 7) is 1.46. The molecule has 1 saturated heterocycles. The lowest BCUT2D eigenvalue weighted by molar-refractivity contribution is 0.0697. The van der Waals surface area contributed by atoms with E-state index >= 15 is 0 Å². The number of ether oxygens (including phenoxy) is 1. The van der Waals surface area contributed by atoms with E-state index in [1.54, 1.807) is 11.0 Å². The van der Waals surface area contributed by atoms with E-state index in [9.17, 15) is 9.59 Å². The van der Waals surface area contributed by atoms with Gasteiger partial charge in [-0.25, -0.2) is 9.59 Å². The van der Waals surface area contributed by atoms with E-state index in [-0.39, 0.29) is 11.6 Å². The van der Waals surface area contributed by atoms with Gasteiger partial charge in [0.05, 0.1) is 18.4 Å². The molecule has 1 heterocycles. The number of methoxy groups -OCH3 is 1. The van der Waals surface area contributed by atoms with Crippen molar-refractivity contribution < 1.29 is 19.4 Å². The fourth-order valence-electron chi connectivity index (χ4n) is 2.41. The number of carbonyl (C=O) groups excluding carboxylic acids is 1. The van der Waals surface area contributed by atoms with Crippen LogP contribution in [0.15, 0.2) is 18.2 Å². The summed E-state index contributed by atoms with van der Waals surface area (Å²) in [6, 6.07) is 4.19. The smallest absolute Gasteiger partial charge is 0.335 e. The maximum Gasteiger partial charge on any atom is 0.335 e. The van der Waals surface area contributed by atoms with Gasteiger partial charge >= 0.3 is 12.0 Å². The van der Waals surface area contributed by atoms with Gasteiger partial charge in [-0.1, -0.05) is 12.8 Å². The van der Waals surface area contributed by atoms with E-state index in [0.717, 1.165) is 38.8 Å². The van der Waals surface area contributed by atoms with Crippen molar-refractivity contribution in [1.29, 1.82) is 0 Å². The number of hydrogen-bond acceptors (Lipinski definition) is 3. The number of nitrogens with zero attached hydrogens (tertiary/aromatic N) is 1. The maximum absolute atomic E-state index is 12.3. The van der Waals surface area contributed by atoms with Crippen molar-refractivity contribution in [2.24, 2.45) is 0 Å². The van der Waals surface area contributed by atoms with Gasteiger partial charge in [-0.05, 0) is 31.0 Å². The molecule has 0 aromatic heterocycles. The average molecular weight is 292 g/mol. The van der Waals surface area contributed by atoms with Crippen molar-refractivity contribution in [3.63, 3.8) is 0 Å². The van der Waals surface area contributed by atoms with Gasteiger partial charge in [0.25, 0.3) is 0 Å². The second kappa shape index (κ2) is 6.97. The molecule has 6 nitrogen and oxygen atoms in total. The monoisotopic (exact) mass is 292 g/mol. The molecule has 21 heavy (non-hydrogen) atoms.